The molecule has 0 saturated heterocycles. The summed E-state index contributed by atoms with van der Waals surface area (Å²) in [6.07, 6.45) is 0.0123. The fourth-order valence-corrected chi connectivity index (χ4v) is 4.07. The van der Waals surface area contributed by atoms with E-state index in [9.17, 15) is 14.4 Å². The minimum Gasteiger partial charge on any atom is -0.461 e. The lowest BCUT2D eigenvalue weighted by Crippen LogP contribution is -2.55. The maximum Gasteiger partial charge on any atom is 0.408 e. The van der Waals surface area contributed by atoms with E-state index in [1.165, 1.54) is 11.9 Å². The highest BCUT2D eigenvalue weighted by atomic mass is 32.2. The number of esters is 1. The third-order valence-corrected chi connectivity index (χ3v) is 5.74. The maximum atomic E-state index is 13.2. The van der Waals surface area contributed by atoms with Crippen molar-refractivity contribution in [2.45, 2.75) is 66.3 Å². The molecular formula is C24H36N4O5S. The predicted octanol–water partition coefficient (Wildman–Crippen LogP) is 3.69. The summed E-state index contributed by atoms with van der Waals surface area (Å²) < 4.78 is 12.1. The molecule has 2 atom stereocenters. The fourth-order valence-electron chi connectivity index (χ4n) is 3.27. The number of hydrogen-bond donors (Lipinski definition) is 3. The summed E-state index contributed by atoms with van der Waals surface area (Å²) in [6.45, 7) is 10.2. The Hall–Kier alpha value is -2.72. The number of alkyl carbamates (subject to hydrolysis) is 1. The molecule has 1 aromatic carbocycles. The lowest BCUT2D eigenvalue weighted by molar-refractivity contribution is -0.139. The highest BCUT2D eigenvalue weighted by Crippen LogP contribution is 2.25. The Morgan fingerprint density at radius 2 is 1.68 bits per heavy atom. The monoisotopic (exact) mass is 492 g/mol. The van der Waals surface area contributed by atoms with Gasteiger partial charge in [-0.3, -0.25) is 4.79 Å². The summed E-state index contributed by atoms with van der Waals surface area (Å²) in [5, 5.41) is 7.37. The highest BCUT2D eigenvalue weighted by molar-refractivity contribution is 8.00. The number of benzene rings is 1. The second-order valence-corrected chi connectivity index (χ2v) is 9.68. The Morgan fingerprint density at radius 1 is 1.00 bits per heavy atom. The molecule has 9 nitrogen and oxygen atoms in total. The molecule has 1 heterocycles. The van der Waals surface area contributed by atoms with Crippen LogP contribution in [0, 0.1) is 11.8 Å². The van der Waals surface area contributed by atoms with Crippen LogP contribution in [0.5, 0.6) is 0 Å². The van der Waals surface area contributed by atoms with Gasteiger partial charge < -0.3 is 25.5 Å². The molecule has 1 aromatic rings. The van der Waals surface area contributed by atoms with Gasteiger partial charge in [-0.15, -0.1) is 4.41 Å². The number of carbonyl (C=O) groups is 3. The minimum atomic E-state index is -0.761. The number of rotatable bonds is 12. The molecule has 1 aliphatic heterocycles. The van der Waals surface area contributed by atoms with Crippen molar-refractivity contribution in [1.29, 1.82) is 0 Å². The lowest BCUT2D eigenvalue weighted by Gasteiger charge is -2.31. The first kappa shape index (κ1) is 27.5. The van der Waals surface area contributed by atoms with Crippen LogP contribution >= 0.6 is 11.9 Å². The Bertz CT molecular complexity index is 847. The van der Waals surface area contributed by atoms with Gasteiger partial charge >= 0.3 is 12.1 Å². The zero-order valence-electron chi connectivity index (χ0n) is 20.5. The van der Waals surface area contributed by atoms with Crippen LogP contribution in [0.2, 0.25) is 0 Å². The van der Waals surface area contributed by atoms with E-state index in [-0.39, 0.29) is 31.0 Å². The van der Waals surface area contributed by atoms with Crippen molar-refractivity contribution in [2.24, 2.45) is 11.8 Å². The molecule has 0 fully saturated rings. The van der Waals surface area contributed by atoms with E-state index in [1.54, 1.807) is 16.7 Å². The van der Waals surface area contributed by atoms with Crippen molar-refractivity contribution in [3.8, 4) is 0 Å². The molecule has 2 rings (SSSR count). The largest absolute Gasteiger partial charge is 0.461 e. The first-order chi connectivity index (χ1) is 16.2. The van der Waals surface area contributed by atoms with Gasteiger partial charge in [0.05, 0.1) is 6.61 Å². The number of hydrogen-bond acceptors (Lipinski definition) is 8. The van der Waals surface area contributed by atoms with Gasteiger partial charge in [-0.05, 0) is 49.1 Å². The van der Waals surface area contributed by atoms with Crippen molar-refractivity contribution in [1.82, 2.24) is 20.5 Å². The molecule has 0 unspecified atom stereocenters. The van der Waals surface area contributed by atoms with Gasteiger partial charge in [0.25, 0.3) is 0 Å². The average Bonchev–Trinajstić information content (AvgIpc) is 3.27. The van der Waals surface area contributed by atoms with E-state index in [0.29, 0.717) is 18.5 Å². The molecule has 1 aliphatic rings. The molecule has 10 heteroatoms. The molecule has 188 valence electrons. The molecule has 2 amide bonds. The van der Waals surface area contributed by atoms with Crippen molar-refractivity contribution in [3.05, 3.63) is 47.0 Å². The third-order valence-electron chi connectivity index (χ3n) is 4.83. The molecule has 0 bridgehead atoms. The lowest BCUT2D eigenvalue weighted by atomic mass is 10.0. The summed E-state index contributed by atoms with van der Waals surface area (Å²) in [5.41, 5.74) is 4.18. The van der Waals surface area contributed by atoms with Crippen LogP contribution in [0.4, 0.5) is 4.79 Å². The van der Waals surface area contributed by atoms with Crippen molar-refractivity contribution in [3.63, 3.8) is 0 Å². The minimum absolute atomic E-state index is 0.120. The Kier molecular flexibility index (Phi) is 11.2. The first-order valence-corrected chi connectivity index (χ1v) is 12.4. The van der Waals surface area contributed by atoms with Crippen molar-refractivity contribution in [2.75, 3.05) is 6.61 Å². The van der Waals surface area contributed by atoms with Crippen molar-refractivity contribution >= 4 is 29.9 Å². The van der Waals surface area contributed by atoms with Crippen LogP contribution in [0.25, 0.3) is 0 Å². The molecule has 34 heavy (non-hydrogen) atoms. The topological polar surface area (TPSA) is 109 Å². The number of amides is 2. The molecule has 3 N–H and O–H groups in total. The van der Waals surface area contributed by atoms with Crippen LogP contribution in [0.1, 0.15) is 53.0 Å². The average molecular weight is 493 g/mol. The van der Waals surface area contributed by atoms with Gasteiger partial charge in [0.15, 0.2) is 0 Å². The maximum absolute atomic E-state index is 13.2. The van der Waals surface area contributed by atoms with Gasteiger partial charge in [0.1, 0.15) is 24.5 Å². The number of ether oxygens (including phenoxy) is 2. The van der Waals surface area contributed by atoms with E-state index < -0.39 is 24.3 Å². The van der Waals surface area contributed by atoms with Gasteiger partial charge in [0, 0.05) is 5.41 Å². The Labute approximate surface area is 206 Å². The summed E-state index contributed by atoms with van der Waals surface area (Å²) in [5.74, 6) is -0.326. The standard InChI is InChI=1S/C24H36N4O5S/c1-6-32-23(30)20-15-34-28(27-20)21(13-17(4)5)26-22(29)19(12-16(2)3)25-24(31)33-14-18-10-8-7-9-11-18/h7-11,15-17,19,21,27H,6,12-14H2,1-5H3,(H,25,31)(H,26,29)/t19-,21-/m0/s1. The summed E-state index contributed by atoms with van der Waals surface area (Å²) in [4.78, 5) is 37.6. The molecular weight excluding hydrogens is 456 g/mol. The van der Waals surface area contributed by atoms with E-state index in [1.807, 2.05) is 58.0 Å². The number of carbonyl (C=O) groups excluding carboxylic acids is 3. The third kappa shape index (κ3) is 9.26. The smallest absolute Gasteiger partial charge is 0.408 e. The van der Waals surface area contributed by atoms with E-state index in [0.717, 1.165) is 5.56 Å². The van der Waals surface area contributed by atoms with Crippen molar-refractivity contribution < 1.29 is 23.9 Å². The molecule has 0 aromatic heterocycles. The summed E-state index contributed by atoms with van der Waals surface area (Å²) in [7, 11) is 0. The predicted molar refractivity (Wildman–Crippen MR) is 132 cm³/mol. The van der Waals surface area contributed by atoms with E-state index in [4.69, 9.17) is 9.47 Å². The normalized spacial score (nSPS) is 15.3. The number of nitrogens with zero attached hydrogens (tertiary/aromatic N) is 1. The first-order valence-electron chi connectivity index (χ1n) is 11.6. The fraction of sp³-hybridized carbons (Fsp3) is 0.542. The van der Waals surface area contributed by atoms with Gasteiger partial charge in [-0.1, -0.05) is 58.0 Å². The van der Waals surface area contributed by atoms with Crippen LogP contribution in [0.15, 0.2) is 41.4 Å². The zero-order chi connectivity index (χ0) is 25.1. The Morgan fingerprint density at radius 3 is 2.29 bits per heavy atom. The quantitative estimate of drug-likeness (QED) is 0.299. The zero-order valence-corrected chi connectivity index (χ0v) is 21.3. The molecule has 0 spiro atoms. The van der Waals surface area contributed by atoms with Gasteiger partial charge in [0.2, 0.25) is 5.91 Å². The molecule has 0 aliphatic carbocycles. The second-order valence-electron chi connectivity index (χ2n) is 8.84. The van der Waals surface area contributed by atoms with E-state index in [2.05, 4.69) is 16.1 Å². The van der Waals surface area contributed by atoms with Gasteiger partial charge in [-0.2, -0.15) is 0 Å². The van der Waals surface area contributed by atoms with Crippen LogP contribution < -0.4 is 16.1 Å². The SMILES string of the molecule is CCOC(=O)C1=CSN([C@@H](CC(C)C)NC(=O)[C@H](CC(C)C)NC(=O)OCc2ccccc2)N1. The van der Waals surface area contributed by atoms with Gasteiger partial charge in [-0.25, -0.2) is 9.59 Å². The van der Waals surface area contributed by atoms with E-state index >= 15 is 0 Å². The Balaban J connectivity index is 2.00. The number of nitrogens with one attached hydrogen (secondary N) is 3. The van der Waals surface area contributed by atoms with Crippen LogP contribution in [0.3, 0.4) is 0 Å². The summed E-state index contributed by atoms with van der Waals surface area (Å²) >= 11 is 1.27. The van der Waals surface area contributed by atoms with Crippen LogP contribution in [-0.2, 0) is 25.7 Å². The number of hydrazine groups is 1. The second kappa shape index (κ2) is 13.9. The summed E-state index contributed by atoms with van der Waals surface area (Å²) in [6, 6.07) is 8.59. The molecule has 0 saturated carbocycles. The van der Waals surface area contributed by atoms with Crippen LogP contribution in [-0.4, -0.2) is 41.2 Å². The highest BCUT2D eigenvalue weighted by Gasteiger charge is 2.31. The molecule has 0 radical (unpaired) electrons.